The van der Waals surface area contributed by atoms with Crippen LogP contribution in [0.3, 0.4) is 0 Å². The molecule has 1 saturated carbocycles. The van der Waals surface area contributed by atoms with Crippen LogP contribution >= 0.6 is 0 Å². The molecule has 3 aliphatic rings. The van der Waals surface area contributed by atoms with Crippen LogP contribution in [0.25, 0.3) is 0 Å². The Morgan fingerprint density at radius 2 is 1.88 bits per heavy atom. The highest BCUT2D eigenvalue weighted by atomic mass is 16.7. The van der Waals surface area contributed by atoms with Crippen molar-refractivity contribution in [1.82, 2.24) is 10.6 Å². The van der Waals surface area contributed by atoms with E-state index in [2.05, 4.69) is 16.0 Å². The van der Waals surface area contributed by atoms with E-state index in [0.717, 1.165) is 25.7 Å². The highest BCUT2D eigenvalue weighted by Gasteiger charge is 2.46. The van der Waals surface area contributed by atoms with Gasteiger partial charge in [0, 0.05) is 12.1 Å². The average Bonchev–Trinajstić information content (AvgIpc) is 3.16. The van der Waals surface area contributed by atoms with E-state index in [-0.39, 0.29) is 11.6 Å². The molecule has 4 amide bonds. The molecule has 2 fully saturated rings. The van der Waals surface area contributed by atoms with Crippen LogP contribution in [0, 0.1) is 0 Å². The fourth-order valence-corrected chi connectivity index (χ4v) is 3.68. The average molecular weight is 345 g/mol. The zero-order chi connectivity index (χ0) is 17.4. The highest BCUT2D eigenvalue weighted by molar-refractivity contribution is 6.22. The van der Waals surface area contributed by atoms with Gasteiger partial charge >= 0.3 is 6.03 Å². The number of benzene rings is 1. The number of amides is 4. The van der Waals surface area contributed by atoms with E-state index < -0.39 is 23.6 Å². The Morgan fingerprint density at radius 1 is 1.12 bits per heavy atom. The largest absolute Gasteiger partial charge is 0.346 e. The maximum Gasteiger partial charge on any atom is 0.319 e. The summed E-state index contributed by atoms with van der Waals surface area (Å²) in [5, 5.41) is 7.85. The van der Waals surface area contributed by atoms with Gasteiger partial charge in [-0.15, -0.1) is 0 Å². The molecule has 4 rings (SSSR count). The van der Waals surface area contributed by atoms with E-state index in [9.17, 15) is 14.4 Å². The lowest BCUT2D eigenvalue weighted by molar-refractivity contribution is -0.192. The molecule has 8 heteroatoms. The molecule has 8 nitrogen and oxygen atoms in total. The number of hydrogen-bond donors (Lipinski definition) is 3. The van der Waals surface area contributed by atoms with Crippen molar-refractivity contribution >= 4 is 23.5 Å². The fourth-order valence-electron chi connectivity index (χ4n) is 3.68. The molecule has 1 atom stereocenters. The van der Waals surface area contributed by atoms with Gasteiger partial charge in [0.1, 0.15) is 0 Å². The van der Waals surface area contributed by atoms with Gasteiger partial charge in [-0.25, -0.2) is 4.79 Å². The first-order valence-electron chi connectivity index (χ1n) is 8.43. The third-order valence-corrected chi connectivity index (χ3v) is 4.87. The molecule has 25 heavy (non-hydrogen) atoms. The van der Waals surface area contributed by atoms with Crippen molar-refractivity contribution in [2.24, 2.45) is 0 Å². The number of rotatable bonds is 2. The van der Waals surface area contributed by atoms with Gasteiger partial charge in [0.05, 0.1) is 30.4 Å². The molecule has 3 N–H and O–H groups in total. The van der Waals surface area contributed by atoms with E-state index in [1.54, 1.807) is 6.07 Å². The van der Waals surface area contributed by atoms with Gasteiger partial charge in [-0.2, -0.15) is 0 Å². The van der Waals surface area contributed by atoms with E-state index >= 15 is 0 Å². The number of anilines is 1. The van der Waals surface area contributed by atoms with Crippen molar-refractivity contribution < 1.29 is 23.9 Å². The standard InChI is InChI=1S/C17H19N3O5/c21-14-11-5-4-10(9-12(11)15(22)20-14)18-16(23)19-13-3-1-2-6-17(13)24-7-8-25-17/h4-5,9,13H,1-3,6-8H2,(H2,18,19,23)(H,20,21,22)/t13-/m0/s1. The summed E-state index contributed by atoms with van der Waals surface area (Å²) in [6, 6.07) is 4.00. The zero-order valence-electron chi connectivity index (χ0n) is 13.6. The second-order valence-electron chi connectivity index (χ2n) is 6.45. The number of carbonyl (C=O) groups is 3. The van der Waals surface area contributed by atoms with Crippen LogP contribution in [-0.4, -0.2) is 42.9 Å². The SMILES string of the molecule is O=C(Nc1ccc2c(c1)C(=O)NC2=O)N[C@H]1CCCCC12OCCO2. The second kappa shape index (κ2) is 6.12. The zero-order valence-corrected chi connectivity index (χ0v) is 13.6. The summed E-state index contributed by atoms with van der Waals surface area (Å²) in [6.07, 6.45) is 3.56. The molecule has 1 aromatic rings. The molecule has 2 heterocycles. The lowest BCUT2D eigenvalue weighted by Crippen LogP contribution is -2.56. The van der Waals surface area contributed by atoms with Crippen LogP contribution in [0.1, 0.15) is 46.4 Å². The monoisotopic (exact) mass is 345 g/mol. The smallest absolute Gasteiger partial charge is 0.319 e. The molecule has 1 saturated heterocycles. The van der Waals surface area contributed by atoms with Crippen molar-refractivity contribution in [2.75, 3.05) is 18.5 Å². The van der Waals surface area contributed by atoms with Gasteiger partial charge in [0.2, 0.25) is 0 Å². The number of imide groups is 1. The molecule has 0 radical (unpaired) electrons. The molecule has 1 aliphatic carbocycles. The Morgan fingerprint density at radius 3 is 2.68 bits per heavy atom. The fraction of sp³-hybridized carbons (Fsp3) is 0.471. The van der Waals surface area contributed by atoms with Crippen molar-refractivity contribution in [3.05, 3.63) is 29.3 Å². The lowest BCUT2D eigenvalue weighted by atomic mass is 9.89. The maximum absolute atomic E-state index is 12.4. The quantitative estimate of drug-likeness (QED) is 0.702. The molecule has 132 valence electrons. The summed E-state index contributed by atoms with van der Waals surface area (Å²) in [7, 11) is 0. The molecule has 0 aromatic heterocycles. The lowest BCUT2D eigenvalue weighted by Gasteiger charge is -2.39. The summed E-state index contributed by atoms with van der Waals surface area (Å²) >= 11 is 0. The highest BCUT2D eigenvalue weighted by Crippen LogP contribution is 2.36. The van der Waals surface area contributed by atoms with Crippen LogP contribution in [0.4, 0.5) is 10.5 Å². The molecular formula is C17H19N3O5. The van der Waals surface area contributed by atoms with Crippen molar-refractivity contribution in [3.8, 4) is 0 Å². The normalized spacial score (nSPS) is 24.1. The Kier molecular flexibility index (Phi) is 3.93. The van der Waals surface area contributed by atoms with E-state index in [4.69, 9.17) is 9.47 Å². The summed E-state index contributed by atoms with van der Waals surface area (Å²) in [4.78, 5) is 35.6. The first-order valence-corrected chi connectivity index (χ1v) is 8.43. The van der Waals surface area contributed by atoms with E-state index in [1.165, 1.54) is 12.1 Å². The van der Waals surface area contributed by atoms with E-state index in [1.807, 2.05) is 0 Å². The van der Waals surface area contributed by atoms with Gasteiger partial charge < -0.3 is 20.1 Å². The summed E-state index contributed by atoms with van der Waals surface area (Å²) in [5.41, 5.74) is 1.02. The maximum atomic E-state index is 12.4. The van der Waals surface area contributed by atoms with E-state index in [0.29, 0.717) is 24.5 Å². The van der Waals surface area contributed by atoms with Crippen LogP contribution in [-0.2, 0) is 9.47 Å². The third kappa shape index (κ3) is 2.87. The number of hydrogen-bond acceptors (Lipinski definition) is 5. The third-order valence-electron chi connectivity index (χ3n) is 4.87. The molecule has 1 spiro atoms. The van der Waals surface area contributed by atoms with Crippen LogP contribution in [0.2, 0.25) is 0 Å². The topological polar surface area (TPSA) is 106 Å². The first-order chi connectivity index (χ1) is 12.1. The molecule has 0 bridgehead atoms. The molecule has 2 aliphatic heterocycles. The van der Waals surface area contributed by atoms with Gasteiger partial charge in [-0.3, -0.25) is 14.9 Å². The van der Waals surface area contributed by atoms with Crippen LogP contribution < -0.4 is 16.0 Å². The van der Waals surface area contributed by atoms with Crippen molar-refractivity contribution in [2.45, 2.75) is 37.5 Å². The Hall–Kier alpha value is -2.45. The summed E-state index contributed by atoms with van der Waals surface area (Å²) in [5.74, 6) is -1.60. The first kappa shape index (κ1) is 16.0. The number of urea groups is 1. The van der Waals surface area contributed by atoms with Crippen molar-refractivity contribution in [1.29, 1.82) is 0 Å². The van der Waals surface area contributed by atoms with Gasteiger partial charge in [-0.05, 0) is 31.0 Å². The Bertz CT molecular complexity index is 742. The van der Waals surface area contributed by atoms with Gasteiger partial charge in [0.25, 0.3) is 11.8 Å². The van der Waals surface area contributed by atoms with Gasteiger partial charge in [0.15, 0.2) is 5.79 Å². The summed E-state index contributed by atoms with van der Waals surface area (Å²) in [6.45, 7) is 1.07. The minimum atomic E-state index is -0.722. The predicted octanol–water partition coefficient (Wildman–Crippen LogP) is 1.38. The predicted molar refractivity (Wildman–Crippen MR) is 87.3 cm³/mol. The number of carbonyl (C=O) groups excluding carboxylic acids is 3. The minimum Gasteiger partial charge on any atom is -0.346 e. The van der Waals surface area contributed by atoms with Crippen molar-refractivity contribution in [3.63, 3.8) is 0 Å². The Balaban J connectivity index is 1.45. The summed E-state index contributed by atoms with van der Waals surface area (Å²) < 4.78 is 11.6. The van der Waals surface area contributed by atoms with Gasteiger partial charge in [-0.1, -0.05) is 6.42 Å². The van der Waals surface area contributed by atoms with Crippen LogP contribution in [0.5, 0.6) is 0 Å². The minimum absolute atomic E-state index is 0.219. The number of nitrogens with one attached hydrogen (secondary N) is 3. The Labute approximate surface area is 144 Å². The number of ether oxygens (including phenoxy) is 2. The second-order valence-corrected chi connectivity index (χ2v) is 6.45. The molecule has 1 aromatic carbocycles. The molecule has 0 unspecified atom stereocenters. The number of fused-ring (bicyclic) bond motifs is 1. The molecular weight excluding hydrogens is 326 g/mol. The van der Waals surface area contributed by atoms with Crippen LogP contribution in [0.15, 0.2) is 18.2 Å².